The van der Waals surface area contributed by atoms with Crippen LogP contribution in [-0.2, 0) is 6.18 Å². The van der Waals surface area contributed by atoms with Crippen LogP contribution in [-0.4, -0.2) is 11.0 Å². The Balaban J connectivity index is 2.05. The molecule has 0 aliphatic rings. The van der Waals surface area contributed by atoms with Crippen molar-refractivity contribution in [2.75, 3.05) is 5.32 Å². The summed E-state index contributed by atoms with van der Waals surface area (Å²) in [5.41, 5.74) is -0.520. The van der Waals surface area contributed by atoms with Gasteiger partial charge in [0.1, 0.15) is 0 Å². The van der Waals surface area contributed by atoms with Gasteiger partial charge in [0.25, 0.3) is 5.91 Å². The molecule has 0 fully saturated rings. The number of halogens is 5. The second kappa shape index (κ2) is 7.38. The Kier molecular flexibility index (Phi) is 5.69. The van der Waals surface area contributed by atoms with Crippen molar-refractivity contribution >= 4 is 52.1 Å². The lowest BCUT2D eigenvalue weighted by Gasteiger charge is -2.12. The van der Waals surface area contributed by atoms with E-state index in [1.807, 2.05) is 0 Å². The average Bonchev–Trinajstić information content (AvgIpc) is 2.49. The molecule has 0 saturated carbocycles. The molecule has 2 aromatic rings. The highest BCUT2D eigenvalue weighted by Gasteiger charge is 2.30. The van der Waals surface area contributed by atoms with Crippen molar-refractivity contribution in [2.24, 2.45) is 0 Å². The van der Waals surface area contributed by atoms with E-state index in [0.29, 0.717) is 0 Å². The molecule has 2 rings (SSSR count). The predicted octanol–water partition coefficient (Wildman–Crippen LogP) is 5.14. The second-order valence-corrected chi connectivity index (χ2v) is 5.84. The number of rotatable bonds is 2. The van der Waals surface area contributed by atoms with Crippen LogP contribution in [0.3, 0.4) is 0 Å². The second-order valence-electron chi connectivity index (χ2n) is 4.62. The number of anilines is 1. The smallest absolute Gasteiger partial charge is 0.332 e. The molecule has 3 nitrogen and oxygen atoms in total. The maximum Gasteiger partial charge on any atom is 0.416 e. The largest absolute Gasteiger partial charge is 0.416 e. The number of carbonyl (C=O) groups is 1. The van der Waals surface area contributed by atoms with Crippen LogP contribution in [0.25, 0.3) is 0 Å². The van der Waals surface area contributed by atoms with Gasteiger partial charge in [-0.2, -0.15) is 13.2 Å². The Morgan fingerprint density at radius 2 is 1.75 bits per heavy atom. The molecule has 0 radical (unpaired) electrons. The molecule has 0 aliphatic heterocycles. The standard InChI is InChI=1S/C15H9Cl2F3N2OS/c16-11-5-4-8(6-12(11)17)13(23)22-14(24)21-10-3-1-2-9(7-10)15(18,19)20/h1-7H,(H2,21,22,23,24). The number of carbonyl (C=O) groups excluding carboxylic acids is 1. The number of hydrogen-bond acceptors (Lipinski definition) is 2. The first-order chi connectivity index (χ1) is 11.2. The van der Waals surface area contributed by atoms with Crippen LogP contribution >= 0.6 is 35.4 Å². The summed E-state index contributed by atoms with van der Waals surface area (Å²) in [5, 5.41) is 5.21. The average molecular weight is 393 g/mol. The van der Waals surface area contributed by atoms with Gasteiger partial charge in [0.05, 0.1) is 15.6 Å². The first-order valence-electron chi connectivity index (χ1n) is 6.41. The number of hydrogen-bond donors (Lipinski definition) is 2. The third-order valence-electron chi connectivity index (χ3n) is 2.86. The van der Waals surface area contributed by atoms with Crippen molar-refractivity contribution in [1.29, 1.82) is 0 Å². The molecule has 2 N–H and O–H groups in total. The first kappa shape index (κ1) is 18.5. The van der Waals surface area contributed by atoms with Crippen molar-refractivity contribution < 1.29 is 18.0 Å². The Morgan fingerprint density at radius 3 is 2.38 bits per heavy atom. The summed E-state index contributed by atoms with van der Waals surface area (Å²) in [5.74, 6) is -0.571. The predicted molar refractivity (Wildman–Crippen MR) is 91.6 cm³/mol. The molecule has 0 unspecified atom stereocenters. The maximum atomic E-state index is 12.7. The summed E-state index contributed by atoms with van der Waals surface area (Å²) < 4.78 is 38.0. The number of nitrogens with one attached hydrogen (secondary N) is 2. The van der Waals surface area contributed by atoms with Crippen LogP contribution in [0.15, 0.2) is 42.5 Å². The molecule has 2 aromatic carbocycles. The van der Waals surface area contributed by atoms with E-state index in [-0.39, 0.29) is 26.4 Å². The quantitative estimate of drug-likeness (QED) is 0.695. The molecule has 126 valence electrons. The third kappa shape index (κ3) is 4.83. The molecule has 0 aliphatic carbocycles. The van der Waals surface area contributed by atoms with Crippen molar-refractivity contribution in [2.45, 2.75) is 6.18 Å². The monoisotopic (exact) mass is 392 g/mol. The molecule has 0 bridgehead atoms. The normalized spacial score (nSPS) is 11.0. The van der Waals surface area contributed by atoms with Gasteiger partial charge in [0, 0.05) is 11.3 Å². The highest BCUT2D eigenvalue weighted by Crippen LogP contribution is 2.30. The molecule has 9 heteroatoms. The molecule has 1 amide bonds. The van der Waals surface area contributed by atoms with Gasteiger partial charge < -0.3 is 5.32 Å². The van der Waals surface area contributed by atoms with Gasteiger partial charge in [0.15, 0.2) is 5.11 Å². The van der Waals surface area contributed by atoms with Gasteiger partial charge in [-0.25, -0.2) is 0 Å². The summed E-state index contributed by atoms with van der Waals surface area (Å²) in [7, 11) is 0. The van der Waals surface area contributed by atoms with E-state index in [0.717, 1.165) is 12.1 Å². The summed E-state index contributed by atoms with van der Waals surface area (Å²) in [6, 6.07) is 8.69. The molecular weight excluding hydrogens is 384 g/mol. The van der Waals surface area contributed by atoms with Gasteiger partial charge >= 0.3 is 6.18 Å². The minimum Gasteiger partial charge on any atom is -0.332 e. The van der Waals surface area contributed by atoms with E-state index in [9.17, 15) is 18.0 Å². The zero-order chi connectivity index (χ0) is 17.9. The van der Waals surface area contributed by atoms with Crippen LogP contribution in [0.4, 0.5) is 18.9 Å². The molecular formula is C15H9Cl2F3N2OS. The Morgan fingerprint density at radius 1 is 1.04 bits per heavy atom. The Labute approximate surface area is 150 Å². The van der Waals surface area contributed by atoms with Gasteiger partial charge in [-0.3, -0.25) is 10.1 Å². The molecule has 0 aromatic heterocycles. The van der Waals surface area contributed by atoms with Crippen LogP contribution in [0.5, 0.6) is 0 Å². The minimum atomic E-state index is -4.47. The molecule has 24 heavy (non-hydrogen) atoms. The van der Waals surface area contributed by atoms with Gasteiger partial charge in [-0.15, -0.1) is 0 Å². The van der Waals surface area contributed by atoms with Gasteiger partial charge in [0.2, 0.25) is 0 Å². The number of amides is 1. The van der Waals surface area contributed by atoms with Crippen molar-refractivity contribution in [3.63, 3.8) is 0 Å². The fraction of sp³-hybridized carbons (Fsp3) is 0.0667. The number of benzene rings is 2. The lowest BCUT2D eigenvalue weighted by molar-refractivity contribution is -0.137. The summed E-state index contributed by atoms with van der Waals surface area (Å²) in [6.07, 6.45) is -4.47. The highest BCUT2D eigenvalue weighted by atomic mass is 35.5. The van der Waals surface area contributed by atoms with E-state index in [1.54, 1.807) is 0 Å². The van der Waals surface area contributed by atoms with Crippen LogP contribution in [0.2, 0.25) is 10.0 Å². The maximum absolute atomic E-state index is 12.7. The van der Waals surface area contributed by atoms with E-state index < -0.39 is 17.6 Å². The van der Waals surface area contributed by atoms with Gasteiger partial charge in [-0.1, -0.05) is 29.3 Å². The third-order valence-corrected chi connectivity index (χ3v) is 3.80. The van der Waals surface area contributed by atoms with Crippen molar-refractivity contribution in [3.05, 3.63) is 63.6 Å². The molecule has 0 heterocycles. The lowest BCUT2D eigenvalue weighted by atomic mass is 10.2. The molecule has 0 spiro atoms. The Hall–Kier alpha value is -1.83. The zero-order valence-corrected chi connectivity index (χ0v) is 14.1. The fourth-order valence-corrected chi connectivity index (χ4v) is 2.26. The summed E-state index contributed by atoms with van der Waals surface area (Å²) in [4.78, 5) is 12.0. The Bertz CT molecular complexity index is 797. The van der Waals surface area contributed by atoms with Crippen LogP contribution < -0.4 is 10.6 Å². The van der Waals surface area contributed by atoms with Crippen LogP contribution in [0, 0.1) is 0 Å². The first-order valence-corrected chi connectivity index (χ1v) is 7.58. The zero-order valence-electron chi connectivity index (χ0n) is 11.7. The molecule has 0 atom stereocenters. The number of thiocarbonyl (C=S) groups is 1. The van der Waals surface area contributed by atoms with E-state index in [4.69, 9.17) is 35.4 Å². The summed E-state index contributed by atoms with van der Waals surface area (Å²) in [6.45, 7) is 0. The van der Waals surface area contributed by atoms with E-state index in [1.165, 1.54) is 30.3 Å². The SMILES string of the molecule is O=C(NC(=S)Nc1cccc(C(F)(F)F)c1)c1ccc(Cl)c(Cl)c1. The van der Waals surface area contributed by atoms with E-state index in [2.05, 4.69) is 10.6 Å². The number of alkyl halides is 3. The molecule has 0 saturated heterocycles. The van der Waals surface area contributed by atoms with Crippen molar-refractivity contribution in [1.82, 2.24) is 5.32 Å². The van der Waals surface area contributed by atoms with Crippen molar-refractivity contribution in [3.8, 4) is 0 Å². The highest BCUT2D eigenvalue weighted by molar-refractivity contribution is 7.80. The van der Waals surface area contributed by atoms with Gasteiger partial charge in [-0.05, 0) is 48.6 Å². The minimum absolute atomic E-state index is 0.101. The topological polar surface area (TPSA) is 41.1 Å². The van der Waals surface area contributed by atoms with Crippen LogP contribution in [0.1, 0.15) is 15.9 Å². The van der Waals surface area contributed by atoms with E-state index >= 15 is 0 Å². The lowest BCUT2D eigenvalue weighted by Crippen LogP contribution is -2.34. The fourth-order valence-electron chi connectivity index (χ4n) is 1.75. The summed E-state index contributed by atoms with van der Waals surface area (Å²) >= 11 is 16.5.